The number of hydrogen-bond donors (Lipinski definition) is 3. The summed E-state index contributed by atoms with van der Waals surface area (Å²) in [7, 11) is -3.86. The Labute approximate surface area is 120 Å². The van der Waals surface area contributed by atoms with Gasteiger partial charge in [0.05, 0.1) is 6.04 Å². The Balaban J connectivity index is 1.92. The Kier molecular flexibility index (Phi) is 3.40. The van der Waals surface area contributed by atoms with Crippen LogP contribution in [0.1, 0.15) is 6.42 Å². The SMILES string of the molecule is O=C(O)[C@@H]1OCC[C@@H]1NS(=O)(=O)c1c[nH]c2ncccc12. The number of sulfonamides is 1. The van der Waals surface area contributed by atoms with Gasteiger partial charge in [0.15, 0.2) is 6.10 Å². The molecule has 0 saturated carbocycles. The Morgan fingerprint density at radius 1 is 1.52 bits per heavy atom. The summed E-state index contributed by atoms with van der Waals surface area (Å²) in [6, 6.07) is 2.48. The summed E-state index contributed by atoms with van der Waals surface area (Å²) in [4.78, 5) is 17.9. The minimum atomic E-state index is -3.86. The lowest BCUT2D eigenvalue weighted by atomic mass is 10.1. The first-order valence-electron chi connectivity index (χ1n) is 6.28. The normalized spacial score (nSPS) is 22.7. The van der Waals surface area contributed by atoms with Crippen molar-refractivity contribution in [3.05, 3.63) is 24.5 Å². The number of hydrogen-bond acceptors (Lipinski definition) is 5. The number of carbonyl (C=O) groups is 1. The summed E-state index contributed by atoms with van der Waals surface area (Å²) >= 11 is 0. The van der Waals surface area contributed by atoms with E-state index in [1.165, 1.54) is 6.20 Å². The fourth-order valence-corrected chi connectivity index (χ4v) is 3.80. The molecule has 2 atom stereocenters. The lowest BCUT2D eigenvalue weighted by Gasteiger charge is -2.16. The molecule has 1 saturated heterocycles. The quantitative estimate of drug-likeness (QED) is 0.735. The van der Waals surface area contributed by atoms with Crippen LogP contribution in [-0.2, 0) is 19.6 Å². The number of H-pyrrole nitrogens is 1. The molecule has 0 aromatic carbocycles. The van der Waals surface area contributed by atoms with Crippen LogP contribution in [0.2, 0.25) is 0 Å². The number of carboxylic acids is 1. The maximum atomic E-state index is 12.4. The minimum Gasteiger partial charge on any atom is -0.479 e. The van der Waals surface area contributed by atoms with Crippen molar-refractivity contribution in [3.8, 4) is 0 Å². The number of aromatic nitrogens is 2. The van der Waals surface area contributed by atoms with Crippen LogP contribution in [0.25, 0.3) is 11.0 Å². The molecule has 2 aromatic heterocycles. The van der Waals surface area contributed by atoms with E-state index in [9.17, 15) is 13.2 Å². The second-order valence-corrected chi connectivity index (χ2v) is 6.38. The maximum absolute atomic E-state index is 12.4. The predicted octanol–water partition coefficient (Wildman–Crippen LogP) is 0.0833. The van der Waals surface area contributed by atoms with Crippen molar-refractivity contribution in [1.82, 2.24) is 14.7 Å². The van der Waals surface area contributed by atoms with E-state index in [1.54, 1.807) is 18.3 Å². The molecule has 1 fully saturated rings. The molecule has 112 valence electrons. The highest BCUT2D eigenvalue weighted by Gasteiger charge is 2.37. The standard InChI is InChI=1S/C12H13N3O5S/c16-12(17)10-8(3-5-20-10)15-21(18,19)9-6-14-11-7(9)2-1-4-13-11/h1-2,4,6,8,10,15H,3,5H2,(H,13,14)(H,16,17)/t8-,10+/m0/s1. The number of rotatable bonds is 4. The summed E-state index contributed by atoms with van der Waals surface area (Å²) in [6.07, 6.45) is 2.04. The molecule has 0 spiro atoms. The zero-order chi connectivity index (χ0) is 15.0. The maximum Gasteiger partial charge on any atom is 0.334 e. The summed E-state index contributed by atoms with van der Waals surface area (Å²) in [5.41, 5.74) is 0.454. The Bertz CT molecular complexity index is 785. The third-order valence-electron chi connectivity index (χ3n) is 3.34. The van der Waals surface area contributed by atoms with E-state index in [1.807, 2.05) is 0 Å². The van der Waals surface area contributed by atoms with Gasteiger partial charge in [0, 0.05) is 24.4 Å². The second kappa shape index (κ2) is 5.10. The molecule has 1 aliphatic rings. The first-order valence-corrected chi connectivity index (χ1v) is 7.76. The van der Waals surface area contributed by atoms with E-state index >= 15 is 0 Å². The molecule has 0 aliphatic carbocycles. The van der Waals surface area contributed by atoms with Gasteiger partial charge in [-0.1, -0.05) is 0 Å². The van der Waals surface area contributed by atoms with Crippen molar-refractivity contribution in [3.63, 3.8) is 0 Å². The average molecular weight is 311 g/mol. The van der Waals surface area contributed by atoms with Crippen LogP contribution in [-0.4, -0.2) is 48.2 Å². The summed E-state index contributed by atoms with van der Waals surface area (Å²) in [5.74, 6) is -1.18. The molecular formula is C12H13N3O5S. The van der Waals surface area contributed by atoms with E-state index in [-0.39, 0.29) is 11.5 Å². The van der Waals surface area contributed by atoms with Gasteiger partial charge in [-0.25, -0.2) is 22.9 Å². The van der Waals surface area contributed by atoms with E-state index in [2.05, 4.69) is 14.7 Å². The van der Waals surface area contributed by atoms with Crippen LogP contribution >= 0.6 is 0 Å². The van der Waals surface area contributed by atoms with Gasteiger partial charge >= 0.3 is 5.97 Å². The van der Waals surface area contributed by atoms with Crippen molar-refractivity contribution >= 4 is 27.0 Å². The molecule has 8 nitrogen and oxygen atoms in total. The van der Waals surface area contributed by atoms with Crippen molar-refractivity contribution < 1.29 is 23.1 Å². The molecular weight excluding hydrogens is 298 g/mol. The third kappa shape index (κ3) is 2.50. The van der Waals surface area contributed by atoms with Gasteiger partial charge in [-0.3, -0.25) is 0 Å². The zero-order valence-electron chi connectivity index (χ0n) is 10.8. The van der Waals surface area contributed by atoms with E-state index < -0.39 is 28.1 Å². The van der Waals surface area contributed by atoms with Gasteiger partial charge in [0.2, 0.25) is 10.0 Å². The number of fused-ring (bicyclic) bond motifs is 1. The number of carboxylic acid groups (broad SMARTS) is 1. The Morgan fingerprint density at radius 2 is 2.33 bits per heavy atom. The fourth-order valence-electron chi connectivity index (χ4n) is 2.37. The van der Waals surface area contributed by atoms with E-state index in [4.69, 9.17) is 9.84 Å². The van der Waals surface area contributed by atoms with Crippen molar-refractivity contribution in [1.29, 1.82) is 0 Å². The van der Waals surface area contributed by atoms with Gasteiger partial charge in [-0.2, -0.15) is 0 Å². The molecule has 21 heavy (non-hydrogen) atoms. The van der Waals surface area contributed by atoms with E-state index in [0.29, 0.717) is 17.5 Å². The summed E-state index contributed by atoms with van der Waals surface area (Å²) < 4.78 is 32.3. The van der Waals surface area contributed by atoms with Gasteiger partial charge < -0.3 is 14.8 Å². The zero-order valence-corrected chi connectivity index (χ0v) is 11.6. The summed E-state index contributed by atoms with van der Waals surface area (Å²) in [6.45, 7) is 0.208. The largest absolute Gasteiger partial charge is 0.479 e. The molecule has 3 rings (SSSR count). The highest BCUT2D eigenvalue weighted by atomic mass is 32.2. The van der Waals surface area contributed by atoms with Crippen LogP contribution in [0, 0.1) is 0 Å². The van der Waals surface area contributed by atoms with Gasteiger partial charge in [0.1, 0.15) is 10.5 Å². The van der Waals surface area contributed by atoms with Crippen LogP contribution < -0.4 is 4.72 Å². The summed E-state index contributed by atoms with van der Waals surface area (Å²) in [5, 5.41) is 9.46. The molecule has 2 aromatic rings. The number of ether oxygens (including phenoxy) is 1. The highest BCUT2D eigenvalue weighted by molar-refractivity contribution is 7.89. The van der Waals surface area contributed by atoms with Crippen LogP contribution in [0.3, 0.4) is 0 Å². The monoisotopic (exact) mass is 311 g/mol. The minimum absolute atomic E-state index is 0.0432. The van der Waals surface area contributed by atoms with Gasteiger partial charge in [-0.15, -0.1) is 0 Å². The molecule has 0 amide bonds. The van der Waals surface area contributed by atoms with Crippen molar-refractivity contribution in [2.24, 2.45) is 0 Å². The topological polar surface area (TPSA) is 121 Å². The van der Waals surface area contributed by atoms with Gasteiger partial charge in [-0.05, 0) is 18.6 Å². The fraction of sp³-hybridized carbons (Fsp3) is 0.333. The average Bonchev–Trinajstić information content (AvgIpc) is 3.04. The molecule has 0 bridgehead atoms. The number of nitrogens with one attached hydrogen (secondary N) is 2. The lowest BCUT2D eigenvalue weighted by Crippen LogP contribution is -2.43. The smallest absolute Gasteiger partial charge is 0.334 e. The number of nitrogens with zero attached hydrogens (tertiary/aromatic N) is 1. The lowest BCUT2D eigenvalue weighted by molar-refractivity contribution is -0.147. The van der Waals surface area contributed by atoms with Gasteiger partial charge in [0.25, 0.3) is 0 Å². The molecule has 0 unspecified atom stereocenters. The van der Waals surface area contributed by atoms with Crippen LogP contribution in [0.5, 0.6) is 0 Å². The van der Waals surface area contributed by atoms with Crippen LogP contribution in [0.4, 0.5) is 0 Å². The molecule has 9 heteroatoms. The Morgan fingerprint density at radius 3 is 3.10 bits per heavy atom. The molecule has 3 N–H and O–H groups in total. The number of aliphatic carboxylic acids is 1. The predicted molar refractivity (Wildman–Crippen MR) is 72.2 cm³/mol. The number of pyridine rings is 1. The van der Waals surface area contributed by atoms with Crippen LogP contribution in [0.15, 0.2) is 29.4 Å². The molecule has 1 aliphatic heterocycles. The van der Waals surface area contributed by atoms with E-state index in [0.717, 1.165) is 0 Å². The first-order chi connectivity index (χ1) is 9.99. The molecule has 3 heterocycles. The van der Waals surface area contributed by atoms with Crippen molar-refractivity contribution in [2.45, 2.75) is 23.5 Å². The molecule has 0 radical (unpaired) electrons. The third-order valence-corrected chi connectivity index (χ3v) is 4.87. The highest BCUT2D eigenvalue weighted by Crippen LogP contribution is 2.23. The second-order valence-electron chi connectivity index (χ2n) is 4.70. The first kappa shape index (κ1) is 14.0. The van der Waals surface area contributed by atoms with Crippen molar-refractivity contribution in [2.75, 3.05) is 6.61 Å². The number of aromatic amines is 1. The Hall–Kier alpha value is -1.97.